The molecule has 0 aromatic heterocycles. The van der Waals surface area contributed by atoms with Crippen LogP contribution in [0.25, 0.3) is 0 Å². The van der Waals surface area contributed by atoms with E-state index in [9.17, 15) is 4.79 Å². The van der Waals surface area contributed by atoms with Crippen molar-refractivity contribution < 1.29 is 41.4 Å². The van der Waals surface area contributed by atoms with Crippen LogP contribution in [0.2, 0.25) is 0 Å². The van der Waals surface area contributed by atoms with Gasteiger partial charge in [-0.3, -0.25) is 0 Å². The molecule has 0 rings (SSSR count). The van der Waals surface area contributed by atoms with Crippen LogP contribution in [0.3, 0.4) is 0 Å². The second-order valence-corrected chi connectivity index (χ2v) is 1.89. The molecule has 0 fully saturated rings. The van der Waals surface area contributed by atoms with Crippen LogP contribution < -0.4 is 10.2 Å². The molecule has 79 valence electrons. The fraction of sp³-hybridized carbons (Fsp3) is 0.571. The molecular weight excluding hydrogens is 223 g/mol. The van der Waals surface area contributed by atoms with E-state index in [2.05, 4.69) is 0 Å². The van der Waals surface area contributed by atoms with Crippen molar-refractivity contribution in [1.29, 1.82) is 0 Å². The Kier molecular flexibility index (Phi) is 30.2. The molecule has 0 saturated carbocycles. The fourth-order valence-electron chi connectivity index (χ4n) is 0. The van der Waals surface area contributed by atoms with Gasteiger partial charge in [0.2, 0.25) is 0 Å². The predicted octanol–water partition coefficient (Wildman–Crippen LogP) is -1.89. The number of Topliss-reactive ketones (excluding diaryl/α,β-unsaturated/α-hetero) is 1. The largest absolute Gasteiger partial charge is 2.00 e. The third-order valence-electron chi connectivity index (χ3n) is 0. The molecule has 6 heteroatoms. The third kappa shape index (κ3) is 1180. The quantitative estimate of drug-likeness (QED) is 0.488. The summed E-state index contributed by atoms with van der Waals surface area (Å²) < 4.78 is 0. The maximum atomic E-state index is 9.44. The molecule has 0 aliphatic heterocycles. The summed E-state index contributed by atoms with van der Waals surface area (Å²) in [5.74, 6) is -2.00. The van der Waals surface area contributed by atoms with Crippen LogP contribution in [-0.2, 0) is 31.2 Å². The van der Waals surface area contributed by atoms with E-state index in [1.807, 2.05) is 0 Å². The van der Waals surface area contributed by atoms with Crippen LogP contribution in [-0.4, -0.2) is 17.7 Å². The third-order valence-corrected chi connectivity index (χ3v) is 0. The molecule has 0 saturated heterocycles. The van der Waals surface area contributed by atoms with Gasteiger partial charge in [0, 0.05) is 11.9 Å². The molecule has 13 heavy (non-hydrogen) atoms. The van der Waals surface area contributed by atoms with Crippen molar-refractivity contribution in [3.63, 3.8) is 0 Å². The number of hydrogen-bond donors (Lipinski definition) is 0. The average Bonchev–Trinajstić information content (AvgIpc) is 1.54. The van der Waals surface area contributed by atoms with Crippen molar-refractivity contribution in [2.75, 3.05) is 0 Å². The van der Waals surface area contributed by atoms with E-state index < -0.39 is 11.9 Å². The number of rotatable bonds is 0. The molecule has 0 aromatic rings. The van der Waals surface area contributed by atoms with Crippen LogP contribution >= 0.6 is 0 Å². The molecule has 0 aliphatic rings. The van der Waals surface area contributed by atoms with E-state index in [-0.39, 0.29) is 22.6 Å². The fourth-order valence-corrected chi connectivity index (χ4v) is 0. The van der Waals surface area contributed by atoms with Gasteiger partial charge in [-0.2, -0.15) is 0 Å². The molecule has 0 aliphatic carbocycles. The summed E-state index contributed by atoms with van der Waals surface area (Å²) in [6, 6.07) is 0. The van der Waals surface area contributed by atoms with Crippen LogP contribution in [0, 0.1) is 0 Å². The van der Waals surface area contributed by atoms with Gasteiger partial charge in [-0.15, -0.1) is 0 Å². The van der Waals surface area contributed by atoms with Crippen LogP contribution in [0.1, 0.15) is 27.7 Å². The summed E-state index contributed by atoms with van der Waals surface area (Å²) >= 11 is 0. The van der Waals surface area contributed by atoms with E-state index in [0.29, 0.717) is 0 Å². The van der Waals surface area contributed by atoms with E-state index >= 15 is 0 Å². The Hall–Kier alpha value is -0.884. The summed E-state index contributed by atoms with van der Waals surface area (Å²) in [6.45, 7) is 5.00. The van der Waals surface area contributed by atoms with Crippen molar-refractivity contribution in [1.82, 2.24) is 0 Å². The SMILES string of the molecule is CC(=O)[O-].CC(=O)[O-].CC(C)=O.[Co+2]. The molecule has 0 unspecified atom stereocenters. The molecule has 1 radical (unpaired) electrons. The maximum absolute atomic E-state index is 9.44. The molecule has 0 heterocycles. The average molecular weight is 235 g/mol. The van der Waals surface area contributed by atoms with Gasteiger partial charge < -0.3 is 24.6 Å². The van der Waals surface area contributed by atoms with E-state index in [0.717, 1.165) is 13.8 Å². The Balaban J connectivity index is -0.0000000450. The smallest absolute Gasteiger partial charge is 0.550 e. The zero-order valence-corrected chi connectivity index (χ0v) is 8.92. The molecule has 5 nitrogen and oxygen atoms in total. The molecule has 0 aromatic carbocycles. The van der Waals surface area contributed by atoms with Gasteiger partial charge in [-0.1, -0.05) is 0 Å². The van der Waals surface area contributed by atoms with Gasteiger partial charge in [0.1, 0.15) is 5.78 Å². The summed E-state index contributed by atoms with van der Waals surface area (Å²) in [4.78, 5) is 27.2. The number of carboxylic acids is 2. The first-order valence-electron chi connectivity index (χ1n) is 3.02. The summed E-state index contributed by atoms with van der Waals surface area (Å²) in [5.41, 5.74) is 0. The van der Waals surface area contributed by atoms with Crippen molar-refractivity contribution >= 4 is 17.7 Å². The summed E-state index contributed by atoms with van der Waals surface area (Å²) in [5, 5.41) is 17.8. The zero-order chi connectivity index (χ0) is 10.7. The van der Waals surface area contributed by atoms with Gasteiger partial charge in [0.05, 0.1) is 0 Å². The number of aliphatic carboxylic acids is 2. The Morgan fingerprint density at radius 3 is 0.769 bits per heavy atom. The second-order valence-electron chi connectivity index (χ2n) is 1.89. The minimum Gasteiger partial charge on any atom is -0.550 e. The van der Waals surface area contributed by atoms with Crippen molar-refractivity contribution in [2.24, 2.45) is 0 Å². The number of hydrogen-bond acceptors (Lipinski definition) is 5. The first-order valence-corrected chi connectivity index (χ1v) is 3.02. The zero-order valence-electron chi connectivity index (χ0n) is 7.87. The molecular formula is C7H12CoO5. The van der Waals surface area contributed by atoms with E-state index in [1.165, 1.54) is 13.8 Å². The Labute approximate surface area is 87.3 Å². The predicted molar refractivity (Wildman–Crippen MR) is 37.7 cm³/mol. The molecule has 0 N–H and O–H groups in total. The Bertz CT molecular complexity index is 114. The van der Waals surface area contributed by atoms with Gasteiger partial charge in [-0.05, 0) is 27.7 Å². The monoisotopic (exact) mass is 235 g/mol. The van der Waals surface area contributed by atoms with E-state index in [4.69, 9.17) is 19.8 Å². The number of carbonyl (C=O) groups excluding carboxylic acids is 3. The van der Waals surface area contributed by atoms with E-state index in [1.54, 1.807) is 0 Å². The second kappa shape index (κ2) is 17.3. The van der Waals surface area contributed by atoms with Crippen molar-refractivity contribution in [3.8, 4) is 0 Å². The van der Waals surface area contributed by atoms with Crippen molar-refractivity contribution in [2.45, 2.75) is 27.7 Å². The number of carboxylic acid groups (broad SMARTS) is 2. The first kappa shape index (κ1) is 22.7. The molecule has 0 amide bonds. The Morgan fingerprint density at radius 1 is 0.769 bits per heavy atom. The minimum atomic E-state index is -1.08. The summed E-state index contributed by atoms with van der Waals surface area (Å²) in [6.07, 6.45) is 0. The van der Waals surface area contributed by atoms with Gasteiger partial charge in [-0.25, -0.2) is 0 Å². The minimum absolute atomic E-state index is 0. The van der Waals surface area contributed by atoms with Crippen LogP contribution in [0.15, 0.2) is 0 Å². The first-order chi connectivity index (χ1) is 5.20. The number of carbonyl (C=O) groups is 3. The van der Waals surface area contributed by atoms with Gasteiger partial charge in [0.25, 0.3) is 0 Å². The number of ketones is 1. The molecule has 0 spiro atoms. The molecule has 0 atom stereocenters. The standard InChI is InChI=1S/C3H6O.2C2H4O2.Co/c1-3(2)4;2*1-2(3)4;/h1-2H3;2*1H3,(H,3,4);/q;;;+2/p-2. The van der Waals surface area contributed by atoms with Crippen molar-refractivity contribution in [3.05, 3.63) is 0 Å². The Morgan fingerprint density at radius 2 is 0.769 bits per heavy atom. The molecule has 0 bridgehead atoms. The van der Waals surface area contributed by atoms with Gasteiger partial charge in [0.15, 0.2) is 0 Å². The van der Waals surface area contributed by atoms with Gasteiger partial charge >= 0.3 is 16.8 Å². The topological polar surface area (TPSA) is 97.3 Å². The maximum Gasteiger partial charge on any atom is 2.00 e. The normalized spacial score (nSPS) is 5.85. The van der Waals surface area contributed by atoms with Crippen LogP contribution in [0.4, 0.5) is 0 Å². The summed E-state index contributed by atoms with van der Waals surface area (Å²) in [7, 11) is 0. The van der Waals surface area contributed by atoms with Crippen LogP contribution in [0.5, 0.6) is 0 Å².